The van der Waals surface area contributed by atoms with Crippen molar-refractivity contribution in [3.8, 4) is 5.75 Å². The van der Waals surface area contributed by atoms with Crippen molar-refractivity contribution in [2.75, 3.05) is 13.7 Å². The average molecular weight is 384 g/mol. The Labute approximate surface area is 166 Å². The molecule has 2 bridgehead atoms. The second-order valence-electron chi connectivity index (χ2n) is 8.30. The highest BCUT2D eigenvalue weighted by Gasteiger charge is 2.60. The molecule has 2 saturated carbocycles. The van der Waals surface area contributed by atoms with Crippen LogP contribution in [0.1, 0.15) is 45.6 Å². The second kappa shape index (κ2) is 7.78. The van der Waals surface area contributed by atoms with E-state index in [-0.39, 0.29) is 17.4 Å². The van der Waals surface area contributed by atoms with Crippen LogP contribution in [-0.4, -0.2) is 31.3 Å². The van der Waals surface area contributed by atoms with Crippen LogP contribution in [0, 0.1) is 16.7 Å². The van der Waals surface area contributed by atoms with Gasteiger partial charge in [-0.3, -0.25) is 4.79 Å². The molecule has 0 aromatic heterocycles. The number of hydrogen-bond donors (Lipinski definition) is 1. The van der Waals surface area contributed by atoms with Gasteiger partial charge in [0.05, 0.1) is 7.11 Å². The van der Waals surface area contributed by atoms with Crippen molar-refractivity contribution in [3.05, 3.63) is 35.9 Å². The Bertz CT molecular complexity index is 828. The van der Waals surface area contributed by atoms with Crippen LogP contribution in [0.25, 0.3) is 6.08 Å². The Kier molecular flexibility index (Phi) is 5.59. The molecule has 28 heavy (non-hydrogen) atoms. The smallest absolute Gasteiger partial charge is 0.331 e. The number of esters is 1. The third kappa shape index (κ3) is 3.81. The van der Waals surface area contributed by atoms with E-state index in [0.717, 1.165) is 24.1 Å². The van der Waals surface area contributed by atoms with Crippen LogP contribution < -0.4 is 10.2 Å². The quantitative estimate of drug-likeness (QED) is 0.462. The molecule has 0 spiro atoms. The molecule has 2 aliphatic rings. The van der Waals surface area contributed by atoms with Gasteiger partial charge in [0, 0.05) is 17.2 Å². The van der Waals surface area contributed by atoms with Crippen molar-refractivity contribution in [2.45, 2.75) is 40.0 Å². The van der Waals surface area contributed by atoms with Gasteiger partial charge in [0.2, 0.25) is 0 Å². The van der Waals surface area contributed by atoms with Crippen molar-refractivity contribution in [2.24, 2.45) is 21.8 Å². The lowest BCUT2D eigenvalue weighted by atomic mass is 9.70. The van der Waals surface area contributed by atoms with Gasteiger partial charge in [-0.2, -0.15) is 5.10 Å². The third-order valence-corrected chi connectivity index (χ3v) is 6.68. The summed E-state index contributed by atoms with van der Waals surface area (Å²) in [6.45, 7) is 6.44. The van der Waals surface area contributed by atoms with E-state index in [1.165, 1.54) is 12.5 Å². The van der Waals surface area contributed by atoms with E-state index in [2.05, 4.69) is 31.3 Å². The van der Waals surface area contributed by atoms with Crippen LogP contribution in [0.3, 0.4) is 0 Å². The van der Waals surface area contributed by atoms with E-state index in [1.54, 1.807) is 19.3 Å². The van der Waals surface area contributed by atoms with Crippen LogP contribution in [0.2, 0.25) is 0 Å². The van der Waals surface area contributed by atoms with Crippen LogP contribution in [-0.2, 0) is 14.3 Å². The van der Waals surface area contributed by atoms with Gasteiger partial charge in [0.1, 0.15) is 5.75 Å². The van der Waals surface area contributed by atoms with Gasteiger partial charge in [-0.05, 0) is 54.4 Å². The Balaban J connectivity index is 1.48. The fourth-order valence-electron chi connectivity index (χ4n) is 4.35. The number of amides is 1. The van der Waals surface area contributed by atoms with E-state index in [0.29, 0.717) is 11.7 Å². The molecular formula is C22H28N2O4. The lowest BCUT2D eigenvalue weighted by Gasteiger charge is -2.34. The number of fused-ring (bicyclic) bond motifs is 2. The first kappa shape index (κ1) is 20.1. The lowest BCUT2D eigenvalue weighted by Crippen LogP contribution is -2.34. The Morgan fingerprint density at radius 2 is 2.11 bits per heavy atom. The molecule has 0 aliphatic heterocycles. The molecule has 1 aromatic rings. The molecule has 2 fully saturated rings. The summed E-state index contributed by atoms with van der Waals surface area (Å²) in [5, 5.41) is 4.36. The number of nitrogens with zero attached hydrogens (tertiary/aromatic N) is 1. The summed E-state index contributed by atoms with van der Waals surface area (Å²) in [6.07, 6.45) is 6.14. The summed E-state index contributed by atoms with van der Waals surface area (Å²) in [7, 11) is 1.58. The highest BCUT2D eigenvalue weighted by Crippen LogP contribution is 2.63. The second-order valence-corrected chi connectivity index (χ2v) is 8.30. The van der Waals surface area contributed by atoms with E-state index < -0.39 is 11.9 Å². The number of ether oxygens (including phenoxy) is 2. The summed E-state index contributed by atoms with van der Waals surface area (Å²) < 4.78 is 10.1. The lowest BCUT2D eigenvalue weighted by molar-refractivity contribution is -0.143. The molecule has 6 nitrogen and oxygen atoms in total. The van der Waals surface area contributed by atoms with Gasteiger partial charge in [0.15, 0.2) is 6.61 Å². The van der Waals surface area contributed by atoms with Crippen LogP contribution in [0.4, 0.5) is 0 Å². The predicted molar refractivity (Wildman–Crippen MR) is 108 cm³/mol. The molecule has 2 atom stereocenters. The summed E-state index contributed by atoms with van der Waals surface area (Å²) >= 11 is 0. The van der Waals surface area contributed by atoms with Crippen LogP contribution in [0.5, 0.6) is 5.75 Å². The molecular weight excluding hydrogens is 356 g/mol. The summed E-state index contributed by atoms with van der Waals surface area (Å²) in [4.78, 5) is 23.8. The number of rotatable bonds is 6. The first-order valence-electron chi connectivity index (χ1n) is 9.61. The highest BCUT2D eigenvalue weighted by atomic mass is 16.5. The zero-order valence-corrected chi connectivity index (χ0v) is 17.0. The minimum absolute atomic E-state index is 0.0289. The van der Waals surface area contributed by atoms with Crippen molar-refractivity contribution < 1.29 is 19.1 Å². The molecule has 0 heterocycles. The first-order chi connectivity index (χ1) is 13.3. The van der Waals surface area contributed by atoms with E-state index in [1.807, 2.05) is 18.2 Å². The Morgan fingerprint density at radius 1 is 1.32 bits per heavy atom. The van der Waals surface area contributed by atoms with Gasteiger partial charge < -0.3 is 9.47 Å². The maximum atomic E-state index is 12.0. The zero-order chi connectivity index (χ0) is 20.4. The molecule has 2 unspecified atom stereocenters. The number of nitrogens with one attached hydrogen (secondary N) is 1. The molecule has 1 aromatic carbocycles. The number of benzene rings is 1. The Morgan fingerprint density at radius 3 is 2.75 bits per heavy atom. The highest BCUT2D eigenvalue weighted by molar-refractivity contribution is 5.95. The minimum atomic E-state index is -0.585. The first-order valence-corrected chi connectivity index (χ1v) is 9.61. The molecule has 1 amide bonds. The summed E-state index contributed by atoms with van der Waals surface area (Å²) in [5.41, 5.74) is 4.63. The van der Waals surface area contributed by atoms with Crippen molar-refractivity contribution in [1.29, 1.82) is 0 Å². The minimum Gasteiger partial charge on any atom is -0.497 e. The fourth-order valence-corrected chi connectivity index (χ4v) is 4.35. The molecule has 1 N–H and O–H groups in total. The topological polar surface area (TPSA) is 77.0 Å². The fraction of sp³-hybridized carbons (Fsp3) is 0.500. The zero-order valence-electron chi connectivity index (χ0n) is 17.0. The Hall–Kier alpha value is -2.63. The largest absolute Gasteiger partial charge is 0.497 e. The van der Waals surface area contributed by atoms with Gasteiger partial charge in [-0.25, -0.2) is 10.2 Å². The van der Waals surface area contributed by atoms with Gasteiger partial charge in [0.25, 0.3) is 5.91 Å². The molecule has 150 valence electrons. The number of hydrogen-bond acceptors (Lipinski definition) is 5. The molecule has 6 heteroatoms. The average Bonchev–Trinajstić information content (AvgIpc) is 3.02. The maximum absolute atomic E-state index is 12.0. The van der Waals surface area contributed by atoms with E-state index in [4.69, 9.17) is 9.47 Å². The van der Waals surface area contributed by atoms with Crippen molar-refractivity contribution in [3.63, 3.8) is 0 Å². The number of hydrazone groups is 1. The maximum Gasteiger partial charge on any atom is 0.331 e. The summed E-state index contributed by atoms with van der Waals surface area (Å²) in [5.74, 6) is 0.303. The molecule has 2 aliphatic carbocycles. The van der Waals surface area contributed by atoms with Gasteiger partial charge in [-0.15, -0.1) is 0 Å². The molecule has 0 radical (unpaired) electrons. The van der Waals surface area contributed by atoms with E-state index >= 15 is 0 Å². The van der Waals surface area contributed by atoms with Crippen LogP contribution >= 0.6 is 0 Å². The monoisotopic (exact) mass is 384 g/mol. The predicted octanol–water partition coefficient (Wildman–Crippen LogP) is 3.57. The van der Waals surface area contributed by atoms with E-state index in [9.17, 15) is 9.59 Å². The SMILES string of the molecule is COc1cccc(/C=C/C(=O)OCC(=O)N/N=C2\CC3CCC2(C)C3(C)C)c1. The van der Waals surface area contributed by atoms with Crippen molar-refractivity contribution >= 4 is 23.7 Å². The standard InChI is InChI=1S/C22H28N2O4/c1-21(2)16-10-11-22(21,3)18(13-16)23-24-19(25)14-28-20(26)9-8-15-6-5-7-17(12-15)27-4/h5-9,12,16H,10-11,13-14H2,1-4H3,(H,24,25)/b9-8+,23-18+. The van der Waals surface area contributed by atoms with Gasteiger partial charge in [-0.1, -0.05) is 32.9 Å². The van der Waals surface area contributed by atoms with Crippen LogP contribution in [0.15, 0.2) is 35.4 Å². The molecule has 0 saturated heterocycles. The van der Waals surface area contributed by atoms with Crippen molar-refractivity contribution in [1.82, 2.24) is 5.43 Å². The normalized spacial score (nSPS) is 26.6. The third-order valence-electron chi connectivity index (χ3n) is 6.68. The number of carbonyl (C=O) groups excluding carboxylic acids is 2. The van der Waals surface area contributed by atoms with Gasteiger partial charge >= 0.3 is 5.97 Å². The molecule has 3 rings (SSSR count). The number of methoxy groups -OCH3 is 1. The number of carbonyl (C=O) groups is 2. The summed E-state index contributed by atoms with van der Waals surface area (Å²) in [6, 6.07) is 7.28.